The summed E-state index contributed by atoms with van der Waals surface area (Å²) in [5.74, 6) is -1.38. The van der Waals surface area contributed by atoms with E-state index in [0.29, 0.717) is 19.4 Å². The standard InChI is InChI=1S/C6H14N4O2.K/c7-4(5(11)12)2-1-3-10-6(8)9;/h4H,1-3,7H2,(H,11,12)(H4,8,9,10);/q;+1/p-1/t4-;/m0./s1. The Morgan fingerprint density at radius 1 is 1.62 bits per heavy atom. The summed E-state index contributed by atoms with van der Waals surface area (Å²) in [6.07, 6.45) is 0.872. The van der Waals surface area contributed by atoms with Crippen molar-refractivity contribution >= 4 is 11.9 Å². The molecule has 70 valence electrons. The number of hydrogen-bond donors (Lipinski definition) is 4. The van der Waals surface area contributed by atoms with E-state index in [1.165, 1.54) is 0 Å². The molecule has 0 saturated heterocycles. The zero-order valence-electron chi connectivity index (χ0n) is 7.67. The van der Waals surface area contributed by atoms with Crippen LogP contribution in [0.5, 0.6) is 0 Å². The van der Waals surface area contributed by atoms with E-state index >= 15 is 0 Å². The monoisotopic (exact) mass is 212 g/mol. The van der Waals surface area contributed by atoms with Crippen LogP contribution in [-0.2, 0) is 4.79 Å². The number of carboxylic acids is 1. The second kappa shape index (κ2) is 8.91. The molecule has 0 aliphatic rings. The van der Waals surface area contributed by atoms with Gasteiger partial charge in [-0.05, 0) is 12.8 Å². The van der Waals surface area contributed by atoms with Crippen LogP contribution in [0, 0.1) is 5.41 Å². The van der Waals surface area contributed by atoms with Crippen molar-refractivity contribution in [3.63, 3.8) is 0 Å². The quantitative estimate of drug-likeness (QED) is 0.156. The van der Waals surface area contributed by atoms with Gasteiger partial charge in [0.25, 0.3) is 0 Å². The molecule has 0 saturated carbocycles. The first-order valence-electron chi connectivity index (χ1n) is 3.58. The fourth-order valence-corrected chi connectivity index (χ4v) is 0.663. The topological polar surface area (TPSA) is 128 Å². The van der Waals surface area contributed by atoms with Crippen molar-refractivity contribution < 1.29 is 61.3 Å². The summed E-state index contributed by atoms with van der Waals surface area (Å²) in [5, 5.41) is 19.4. The van der Waals surface area contributed by atoms with E-state index in [1.54, 1.807) is 0 Å². The predicted octanol–water partition coefficient (Wildman–Crippen LogP) is -5.67. The van der Waals surface area contributed by atoms with Gasteiger partial charge in [-0.2, -0.15) is 0 Å². The molecule has 6 nitrogen and oxygen atoms in total. The molecule has 7 heteroatoms. The zero-order chi connectivity index (χ0) is 9.56. The molecule has 0 aromatic heterocycles. The maximum atomic E-state index is 10.1. The van der Waals surface area contributed by atoms with E-state index in [1.807, 2.05) is 0 Å². The smallest absolute Gasteiger partial charge is 0.548 e. The Labute approximate surface area is 119 Å². The number of aliphatic carboxylic acids is 1. The molecule has 0 aromatic carbocycles. The first-order valence-corrected chi connectivity index (χ1v) is 3.58. The third kappa shape index (κ3) is 10.3. The summed E-state index contributed by atoms with van der Waals surface area (Å²) in [5.41, 5.74) is 10.1. The van der Waals surface area contributed by atoms with Gasteiger partial charge in [-0.25, -0.2) is 0 Å². The first-order chi connectivity index (χ1) is 5.54. The number of carbonyl (C=O) groups excluding carboxylic acids is 1. The van der Waals surface area contributed by atoms with Gasteiger partial charge in [-0.1, -0.05) is 0 Å². The van der Waals surface area contributed by atoms with Crippen molar-refractivity contribution in [2.45, 2.75) is 18.9 Å². The SMILES string of the molecule is N=C(N)NCCC[C@H](N)C(=O)[O-].[K+]. The van der Waals surface area contributed by atoms with Crippen LogP contribution in [0.4, 0.5) is 0 Å². The van der Waals surface area contributed by atoms with E-state index in [4.69, 9.17) is 16.9 Å². The van der Waals surface area contributed by atoms with Crippen LogP contribution in [0.15, 0.2) is 0 Å². The minimum atomic E-state index is -1.25. The molecule has 0 amide bonds. The Kier molecular flexibility index (Phi) is 10.8. The van der Waals surface area contributed by atoms with E-state index < -0.39 is 12.0 Å². The Balaban J connectivity index is 0. The second-order valence-corrected chi connectivity index (χ2v) is 2.41. The third-order valence-electron chi connectivity index (χ3n) is 1.31. The average Bonchev–Trinajstić information content (AvgIpc) is 1.97. The van der Waals surface area contributed by atoms with Crippen LogP contribution >= 0.6 is 0 Å². The summed E-state index contributed by atoms with van der Waals surface area (Å²) in [6.45, 7) is 0.455. The number of carbonyl (C=O) groups is 1. The van der Waals surface area contributed by atoms with Crippen molar-refractivity contribution in [2.24, 2.45) is 11.5 Å². The van der Waals surface area contributed by atoms with Gasteiger partial charge < -0.3 is 26.7 Å². The summed E-state index contributed by atoms with van der Waals surface area (Å²) in [7, 11) is 0. The fraction of sp³-hybridized carbons (Fsp3) is 0.667. The van der Waals surface area contributed by atoms with Crippen molar-refractivity contribution in [3.8, 4) is 0 Å². The summed E-state index contributed by atoms with van der Waals surface area (Å²) in [6, 6.07) is -0.932. The third-order valence-corrected chi connectivity index (χ3v) is 1.31. The van der Waals surface area contributed by atoms with Gasteiger partial charge in [-0.15, -0.1) is 0 Å². The molecule has 0 heterocycles. The minimum absolute atomic E-state index is 0. The Bertz CT molecular complexity index is 176. The van der Waals surface area contributed by atoms with Gasteiger partial charge >= 0.3 is 51.4 Å². The Morgan fingerprint density at radius 3 is 2.54 bits per heavy atom. The van der Waals surface area contributed by atoms with Crippen LogP contribution in [0.3, 0.4) is 0 Å². The molecule has 0 fully saturated rings. The van der Waals surface area contributed by atoms with E-state index in [-0.39, 0.29) is 57.3 Å². The van der Waals surface area contributed by atoms with Gasteiger partial charge in [-0.3, -0.25) is 5.41 Å². The van der Waals surface area contributed by atoms with Crippen LogP contribution in [0.25, 0.3) is 0 Å². The normalized spacial score (nSPS) is 11.2. The summed E-state index contributed by atoms with van der Waals surface area (Å²) < 4.78 is 0. The van der Waals surface area contributed by atoms with Crippen LogP contribution < -0.4 is 73.3 Å². The predicted molar refractivity (Wildman–Crippen MR) is 42.1 cm³/mol. The molecule has 0 bridgehead atoms. The molecule has 0 radical (unpaired) electrons. The van der Waals surface area contributed by atoms with Crippen LogP contribution in [0.2, 0.25) is 0 Å². The molecule has 6 N–H and O–H groups in total. The average molecular weight is 212 g/mol. The summed E-state index contributed by atoms with van der Waals surface area (Å²) >= 11 is 0. The van der Waals surface area contributed by atoms with Crippen LogP contribution in [-0.4, -0.2) is 24.5 Å². The fourth-order valence-electron chi connectivity index (χ4n) is 0.663. The number of nitrogens with two attached hydrogens (primary N) is 2. The molecule has 0 unspecified atom stereocenters. The molecule has 1 atom stereocenters. The number of nitrogens with one attached hydrogen (secondary N) is 2. The van der Waals surface area contributed by atoms with Crippen molar-refractivity contribution in [2.75, 3.05) is 6.54 Å². The van der Waals surface area contributed by atoms with Crippen molar-refractivity contribution in [3.05, 3.63) is 0 Å². The van der Waals surface area contributed by atoms with E-state index in [2.05, 4.69) is 5.32 Å². The van der Waals surface area contributed by atoms with Gasteiger partial charge in [0.1, 0.15) is 0 Å². The molecular formula is C6H13KN4O2. The Morgan fingerprint density at radius 2 is 2.15 bits per heavy atom. The Hall–Kier alpha value is 0.336. The molecule has 13 heavy (non-hydrogen) atoms. The number of rotatable bonds is 5. The molecular weight excluding hydrogens is 199 g/mol. The minimum Gasteiger partial charge on any atom is -0.548 e. The van der Waals surface area contributed by atoms with Gasteiger partial charge in [0.15, 0.2) is 5.96 Å². The van der Waals surface area contributed by atoms with E-state index in [9.17, 15) is 9.90 Å². The maximum Gasteiger partial charge on any atom is 1.00 e. The summed E-state index contributed by atoms with van der Waals surface area (Å²) in [4.78, 5) is 10.1. The van der Waals surface area contributed by atoms with Gasteiger partial charge in [0.2, 0.25) is 0 Å². The largest absolute Gasteiger partial charge is 1.00 e. The number of guanidine groups is 1. The molecule has 0 aliphatic heterocycles. The second-order valence-electron chi connectivity index (χ2n) is 2.41. The van der Waals surface area contributed by atoms with Crippen molar-refractivity contribution in [1.82, 2.24) is 5.32 Å². The molecule has 0 spiro atoms. The maximum absolute atomic E-state index is 10.1. The molecule has 0 aromatic rings. The molecule has 0 aliphatic carbocycles. The molecule has 0 rings (SSSR count). The van der Waals surface area contributed by atoms with E-state index in [0.717, 1.165) is 0 Å². The number of hydrogen-bond acceptors (Lipinski definition) is 4. The zero-order valence-corrected chi connectivity index (χ0v) is 10.8. The number of carboxylic acid groups (broad SMARTS) is 1. The van der Waals surface area contributed by atoms with Crippen molar-refractivity contribution in [1.29, 1.82) is 5.41 Å². The first kappa shape index (κ1) is 15.8. The van der Waals surface area contributed by atoms with Gasteiger partial charge in [0, 0.05) is 12.6 Å². The van der Waals surface area contributed by atoms with Gasteiger partial charge in [0.05, 0.1) is 5.97 Å². The van der Waals surface area contributed by atoms with Crippen LogP contribution in [0.1, 0.15) is 12.8 Å².